The summed E-state index contributed by atoms with van der Waals surface area (Å²) in [7, 11) is 1.58. The van der Waals surface area contributed by atoms with Crippen molar-refractivity contribution >= 4 is 5.91 Å². The maximum Gasteiger partial charge on any atom is 0.251 e. The van der Waals surface area contributed by atoms with Crippen LogP contribution in [0.3, 0.4) is 0 Å². The average Bonchev–Trinajstić information content (AvgIpc) is 3.46. The summed E-state index contributed by atoms with van der Waals surface area (Å²) in [5.41, 5.74) is 1.28. The smallest absolute Gasteiger partial charge is 0.251 e. The molecular formula is C22H23N3O5. The van der Waals surface area contributed by atoms with Crippen LogP contribution < -0.4 is 19.5 Å². The summed E-state index contributed by atoms with van der Waals surface area (Å²) in [5.74, 6) is 2.68. The monoisotopic (exact) mass is 409 g/mol. The molecule has 3 aromatic rings. The van der Waals surface area contributed by atoms with Crippen molar-refractivity contribution in [3.05, 3.63) is 53.9 Å². The Kier molecular flexibility index (Phi) is 5.56. The van der Waals surface area contributed by atoms with Crippen LogP contribution in [0.5, 0.6) is 17.2 Å². The number of benzene rings is 2. The molecule has 8 nitrogen and oxygen atoms in total. The number of fused-ring (bicyclic) bond motifs is 1. The van der Waals surface area contributed by atoms with E-state index in [0.717, 1.165) is 12.0 Å². The molecular weight excluding hydrogens is 386 g/mol. The molecule has 0 saturated carbocycles. The number of amides is 1. The lowest BCUT2D eigenvalue weighted by molar-refractivity contribution is 0.0910. The number of hydrogen-bond donors (Lipinski definition) is 1. The molecule has 2 atom stereocenters. The number of ether oxygens (including phenoxy) is 3. The lowest BCUT2D eigenvalue weighted by Crippen LogP contribution is -2.32. The van der Waals surface area contributed by atoms with E-state index in [4.69, 9.17) is 18.7 Å². The molecule has 30 heavy (non-hydrogen) atoms. The first-order valence-corrected chi connectivity index (χ1v) is 9.77. The molecule has 1 aliphatic heterocycles. The highest BCUT2D eigenvalue weighted by atomic mass is 16.7. The van der Waals surface area contributed by atoms with Crippen LogP contribution >= 0.6 is 0 Å². The Hall–Kier alpha value is -3.55. The summed E-state index contributed by atoms with van der Waals surface area (Å²) in [6, 6.07) is 12.0. The predicted octanol–water partition coefficient (Wildman–Crippen LogP) is 3.99. The second-order valence-corrected chi connectivity index (χ2v) is 7.09. The first kappa shape index (κ1) is 19.8. The Labute approximate surface area is 174 Å². The fourth-order valence-electron chi connectivity index (χ4n) is 3.16. The van der Waals surface area contributed by atoms with E-state index < -0.39 is 6.04 Å². The molecule has 0 radical (unpaired) electrons. The van der Waals surface area contributed by atoms with E-state index in [0.29, 0.717) is 34.5 Å². The van der Waals surface area contributed by atoms with Gasteiger partial charge in [-0.2, -0.15) is 4.98 Å². The van der Waals surface area contributed by atoms with E-state index in [-0.39, 0.29) is 18.6 Å². The number of nitrogens with one attached hydrogen (secondary N) is 1. The van der Waals surface area contributed by atoms with Crippen molar-refractivity contribution in [1.82, 2.24) is 15.5 Å². The quantitative estimate of drug-likeness (QED) is 0.630. The molecule has 0 spiro atoms. The molecule has 0 unspecified atom stereocenters. The highest BCUT2D eigenvalue weighted by molar-refractivity contribution is 5.94. The number of nitrogens with zero attached hydrogens (tertiary/aromatic N) is 2. The van der Waals surface area contributed by atoms with Gasteiger partial charge in [0.25, 0.3) is 5.91 Å². The van der Waals surface area contributed by atoms with E-state index in [1.807, 2.05) is 32.0 Å². The van der Waals surface area contributed by atoms with E-state index in [2.05, 4.69) is 15.5 Å². The van der Waals surface area contributed by atoms with Crippen LogP contribution in [-0.4, -0.2) is 30.0 Å². The van der Waals surface area contributed by atoms with Crippen molar-refractivity contribution in [3.63, 3.8) is 0 Å². The van der Waals surface area contributed by atoms with Crippen LogP contribution in [0.4, 0.5) is 0 Å². The summed E-state index contributed by atoms with van der Waals surface area (Å²) in [6.07, 6.45) is 0.829. The normalized spacial score (nSPS) is 14.2. The molecule has 2 aromatic carbocycles. The lowest BCUT2D eigenvalue weighted by atomic mass is 9.98. The molecule has 0 aliphatic carbocycles. The second kappa shape index (κ2) is 8.44. The van der Waals surface area contributed by atoms with Gasteiger partial charge in [-0.1, -0.05) is 25.4 Å². The third kappa shape index (κ3) is 3.94. The molecule has 8 heteroatoms. The molecule has 4 rings (SSSR count). The Morgan fingerprint density at radius 1 is 1.17 bits per heavy atom. The van der Waals surface area contributed by atoms with E-state index in [1.54, 1.807) is 31.4 Å². The molecule has 1 aromatic heterocycles. The third-order valence-electron chi connectivity index (χ3n) is 5.19. The Morgan fingerprint density at radius 2 is 1.93 bits per heavy atom. The van der Waals surface area contributed by atoms with Crippen LogP contribution in [-0.2, 0) is 0 Å². The van der Waals surface area contributed by atoms with Crippen LogP contribution in [0.15, 0.2) is 47.0 Å². The van der Waals surface area contributed by atoms with Crippen molar-refractivity contribution in [2.75, 3.05) is 13.9 Å². The summed E-state index contributed by atoms with van der Waals surface area (Å²) >= 11 is 0. The zero-order chi connectivity index (χ0) is 21.1. The Bertz CT molecular complexity index is 1030. The highest BCUT2D eigenvalue weighted by Gasteiger charge is 2.27. The van der Waals surface area contributed by atoms with E-state index >= 15 is 0 Å². The van der Waals surface area contributed by atoms with Gasteiger partial charge < -0.3 is 24.1 Å². The zero-order valence-corrected chi connectivity index (χ0v) is 17.0. The van der Waals surface area contributed by atoms with E-state index in [1.165, 1.54) is 0 Å². The first-order valence-electron chi connectivity index (χ1n) is 9.77. The molecule has 1 aliphatic rings. The minimum atomic E-state index is -0.417. The molecule has 1 N–H and O–H groups in total. The molecule has 1 amide bonds. The van der Waals surface area contributed by atoms with Crippen molar-refractivity contribution in [2.45, 2.75) is 26.3 Å². The molecule has 0 saturated heterocycles. The highest BCUT2D eigenvalue weighted by Crippen LogP contribution is 2.35. The fourth-order valence-corrected chi connectivity index (χ4v) is 3.16. The SMILES string of the molecule is CC[C@H](C)[C@@H](NC(=O)c1ccc(OC)cc1)c1nc(-c2ccc3c(c2)OCO3)no1. The zero-order valence-electron chi connectivity index (χ0n) is 17.0. The van der Waals surface area contributed by atoms with Gasteiger partial charge in [-0.25, -0.2) is 0 Å². The Morgan fingerprint density at radius 3 is 2.67 bits per heavy atom. The van der Waals surface area contributed by atoms with Crippen molar-refractivity contribution in [2.24, 2.45) is 5.92 Å². The minimum absolute atomic E-state index is 0.0947. The number of methoxy groups -OCH3 is 1. The number of aromatic nitrogens is 2. The molecule has 156 valence electrons. The van der Waals surface area contributed by atoms with Gasteiger partial charge in [0.05, 0.1) is 7.11 Å². The third-order valence-corrected chi connectivity index (χ3v) is 5.19. The summed E-state index contributed by atoms with van der Waals surface area (Å²) in [6.45, 7) is 4.28. The average molecular weight is 409 g/mol. The summed E-state index contributed by atoms with van der Waals surface area (Å²) in [5, 5.41) is 7.13. The van der Waals surface area contributed by atoms with Crippen LogP contribution in [0, 0.1) is 5.92 Å². The predicted molar refractivity (Wildman–Crippen MR) is 109 cm³/mol. The molecule has 0 bridgehead atoms. The molecule has 0 fully saturated rings. The maximum absolute atomic E-state index is 12.8. The number of rotatable bonds is 7. The molecule has 2 heterocycles. The van der Waals surface area contributed by atoms with Crippen LogP contribution in [0.1, 0.15) is 42.6 Å². The van der Waals surface area contributed by atoms with E-state index in [9.17, 15) is 4.79 Å². The largest absolute Gasteiger partial charge is 0.497 e. The maximum atomic E-state index is 12.8. The fraction of sp³-hybridized carbons (Fsp3) is 0.318. The summed E-state index contributed by atoms with van der Waals surface area (Å²) < 4.78 is 21.4. The summed E-state index contributed by atoms with van der Waals surface area (Å²) in [4.78, 5) is 17.3. The van der Waals surface area contributed by atoms with Crippen molar-refractivity contribution < 1.29 is 23.5 Å². The van der Waals surface area contributed by atoms with Gasteiger partial charge in [-0.15, -0.1) is 0 Å². The second-order valence-electron chi connectivity index (χ2n) is 7.09. The van der Waals surface area contributed by atoms with Gasteiger partial charge in [-0.3, -0.25) is 4.79 Å². The Balaban J connectivity index is 1.56. The van der Waals surface area contributed by atoms with Crippen molar-refractivity contribution in [1.29, 1.82) is 0 Å². The number of carbonyl (C=O) groups is 1. The van der Waals surface area contributed by atoms with Gasteiger partial charge in [0.1, 0.15) is 11.8 Å². The number of hydrogen-bond acceptors (Lipinski definition) is 7. The van der Waals surface area contributed by atoms with Crippen molar-refractivity contribution in [3.8, 4) is 28.6 Å². The van der Waals surface area contributed by atoms with Gasteiger partial charge >= 0.3 is 0 Å². The van der Waals surface area contributed by atoms with Gasteiger partial charge in [0.15, 0.2) is 11.5 Å². The topological polar surface area (TPSA) is 95.7 Å². The van der Waals surface area contributed by atoms with Crippen LogP contribution in [0.25, 0.3) is 11.4 Å². The van der Waals surface area contributed by atoms with Gasteiger partial charge in [-0.05, 0) is 48.4 Å². The lowest BCUT2D eigenvalue weighted by Gasteiger charge is -2.20. The van der Waals surface area contributed by atoms with Gasteiger partial charge in [0.2, 0.25) is 18.5 Å². The van der Waals surface area contributed by atoms with Gasteiger partial charge in [0, 0.05) is 11.1 Å². The van der Waals surface area contributed by atoms with Crippen LogP contribution in [0.2, 0.25) is 0 Å². The minimum Gasteiger partial charge on any atom is -0.497 e. The standard InChI is InChI=1S/C22H23N3O5/c1-4-13(2)19(23-21(26)14-5-8-16(27-3)9-6-14)22-24-20(25-30-22)15-7-10-17-18(11-15)29-12-28-17/h5-11,13,19H,4,12H2,1-3H3,(H,23,26)/t13-,19+/m0/s1. The number of carbonyl (C=O) groups excluding carboxylic acids is 1. The first-order chi connectivity index (χ1) is 14.6.